The first-order valence-electron chi connectivity index (χ1n) is 27.1. The molecule has 0 aromatic carbocycles. The second-order valence-corrected chi connectivity index (χ2v) is 18.6. The molecular weight excluding hydrogens is 847 g/mol. The van der Waals surface area contributed by atoms with Gasteiger partial charge in [-0.2, -0.15) is 0 Å². The van der Waals surface area contributed by atoms with Crippen molar-refractivity contribution >= 4 is 11.9 Å². The normalized spacial score (nSPS) is 20.5. The Morgan fingerprint density at radius 2 is 1.03 bits per heavy atom. The summed E-state index contributed by atoms with van der Waals surface area (Å²) in [5, 5.41) is 56.5. The first-order valence-corrected chi connectivity index (χ1v) is 27.1. The van der Waals surface area contributed by atoms with Gasteiger partial charge in [-0.1, -0.05) is 210 Å². The Labute approximate surface area is 408 Å². The molecule has 0 aromatic heterocycles. The quantitative estimate of drug-likeness (QED) is 0.0196. The fourth-order valence-electron chi connectivity index (χ4n) is 8.05. The summed E-state index contributed by atoms with van der Waals surface area (Å²) in [6.07, 6.45) is 42.8. The van der Waals surface area contributed by atoms with E-state index < -0.39 is 67.4 Å². The van der Waals surface area contributed by atoms with E-state index in [2.05, 4.69) is 62.5 Å². The smallest absolute Gasteiger partial charge is 0.306 e. The Hall–Kier alpha value is -2.64. The molecule has 6 N–H and O–H groups in total. The number of aliphatic hydroxyl groups is 5. The van der Waals surface area contributed by atoms with Gasteiger partial charge in [-0.3, -0.25) is 9.59 Å². The zero-order valence-electron chi connectivity index (χ0n) is 42.5. The van der Waals surface area contributed by atoms with Gasteiger partial charge in [-0.25, -0.2) is 0 Å². The van der Waals surface area contributed by atoms with Crippen LogP contribution in [0.1, 0.15) is 220 Å². The molecule has 1 amide bonds. The molecule has 388 valence electrons. The summed E-state index contributed by atoms with van der Waals surface area (Å²) >= 11 is 0. The largest absolute Gasteiger partial charge is 0.454 e. The SMILES string of the molecule is CCCCC/C=C\C/C=C\C/C=C\C/C=C\CCC(O)C(=O)NC(COC1OC(CO)C(O)C(O)C1OC(=O)CCCCCCCCCCCCC)C(O)/C=C/CCCCCCCCCCC. The van der Waals surface area contributed by atoms with Gasteiger partial charge in [0.2, 0.25) is 5.91 Å². The van der Waals surface area contributed by atoms with Gasteiger partial charge in [-0.05, 0) is 64.2 Å². The second kappa shape index (κ2) is 44.6. The van der Waals surface area contributed by atoms with Crippen molar-refractivity contribution < 1.29 is 49.3 Å². The van der Waals surface area contributed by atoms with Crippen molar-refractivity contribution in [2.24, 2.45) is 0 Å². The maximum atomic E-state index is 13.3. The maximum Gasteiger partial charge on any atom is 0.306 e. The molecule has 0 spiro atoms. The van der Waals surface area contributed by atoms with Crippen molar-refractivity contribution in [3.8, 4) is 0 Å². The molecule has 0 aliphatic carbocycles. The highest BCUT2D eigenvalue weighted by Gasteiger charge is 2.47. The molecule has 8 unspecified atom stereocenters. The molecule has 11 heteroatoms. The van der Waals surface area contributed by atoms with Gasteiger partial charge >= 0.3 is 5.97 Å². The molecule has 11 nitrogen and oxygen atoms in total. The Balaban J connectivity index is 2.81. The third-order valence-electron chi connectivity index (χ3n) is 12.4. The summed E-state index contributed by atoms with van der Waals surface area (Å²) in [5.41, 5.74) is 0. The lowest BCUT2D eigenvalue weighted by atomic mass is 9.99. The minimum Gasteiger partial charge on any atom is -0.454 e. The lowest BCUT2D eigenvalue weighted by Crippen LogP contribution is -2.61. The van der Waals surface area contributed by atoms with Crippen molar-refractivity contribution in [2.45, 2.75) is 269 Å². The van der Waals surface area contributed by atoms with Crippen LogP contribution in [0, 0.1) is 0 Å². The number of allylic oxidation sites excluding steroid dienone is 9. The van der Waals surface area contributed by atoms with E-state index >= 15 is 0 Å². The number of rotatable bonds is 44. The molecular formula is C56H99NO10. The van der Waals surface area contributed by atoms with E-state index in [0.717, 1.165) is 70.6 Å². The first-order chi connectivity index (χ1) is 32.7. The minimum absolute atomic E-state index is 0.118. The van der Waals surface area contributed by atoms with Crippen LogP contribution < -0.4 is 5.32 Å². The number of amides is 1. The number of ether oxygens (including phenoxy) is 3. The molecule has 1 heterocycles. The number of carbonyl (C=O) groups is 2. The molecule has 0 aromatic rings. The van der Waals surface area contributed by atoms with E-state index in [9.17, 15) is 35.1 Å². The number of nitrogens with one attached hydrogen (secondary N) is 1. The van der Waals surface area contributed by atoms with Crippen LogP contribution in [0.2, 0.25) is 0 Å². The highest BCUT2D eigenvalue weighted by Crippen LogP contribution is 2.26. The summed E-state index contributed by atoms with van der Waals surface area (Å²) in [6.45, 7) is 5.68. The molecule has 1 saturated heterocycles. The molecule has 0 radical (unpaired) electrons. The minimum atomic E-state index is -1.62. The highest BCUT2D eigenvalue weighted by atomic mass is 16.7. The third-order valence-corrected chi connectivity index (χ3v) is 12.4. The predicted molar refractivity (Wildman–Crippen MR) is 273 cm³/mol. The molecule has 1 fully saturated rings. The average molecular weight is 946 g/mol. The van der Waals surface area contributed by atoms with E-state index in [0.29, 0.717) is 12.8 Å². The average Bonchev–Trinajstić information content (AvgIpc) is 3.32. The van der Waals surface area contributed by atoms with Crippen molar-refractivity contribution in [3.63, 3.8) is 0 Å². The van der Waals surface area contributed by atoms with Gasteiger partial charge in [-0.15, -0.1) is 0 Å². The molecule has 8 atom stereocenters. The number of hydrogen-bond donors (Lipinski definition) is 6. The van der Waals surface area contributed by atoms with Crippen LogP contribution in [0.3, 0.4) is 0 Å². The summed E-state index contributed by atoms with van der Waals surface area (Å²) in [5.74, 6) is -1.26. The Morgan fingerprint density at radius 3 is 1.57 bits per heavy atom. The third kappa shape index (κ3) is 33.5. The van der Waals surface area contributed by atoms with E-state index in [1.54, 1.807) is 6.08 Å². The van der Waals surface area contributed by atoms with E-state index in [1.807, 2.05) is 18.2 Å². The van der Waals surface area contributed by atoms with E-state index in [4.69, 9.17) is 14.2 Å². The Bertz CT molecular complexity index is 1320. The number of aliphatic hydroxyl groups excluding tert-OH is 5. The van der Waals surface area contributed by atoms with Crippen LogP contribution in [-0.4, -0.2) is 99.6 Å². The van der Waals surface area contributed by atoms with Crippen molar-refractivity contribution in [3.05, 3.63) is 60.8 Å². The predicted octanol–water partition coefficient (Wildman–Crippen LogP) is 11.5. The topological polar surface area (TPSA) is 175 Å². The van der Waals surface area contributed by atoms with Gasteiger partial charge in [0.25, 0.3) is 0 Å². The lowest BCUT2D eigenvalue weighted by molar-refractivity contribution is -0.305. The van der Waals surface area contributed by atoms with Crippen LogP contribution in [0.5, 0.6) is 0 Å². The zero-order chi connectivity index (χ0) is 49.0. The van der Waals surface area contributed by atoms with Gasteiger partial charge in [0, 0.05) is 6.42 Å². The highest BCUT2D eigenvalue weighted by molar-refractivity contribution is 5.80. The fourth-order valence-corrected chi connectivity index (χ4v) is 8.05. The Kier molecular flexibility index (Phi) is 41.5. The van der Waals surface area contributed by atoms with Gasteiger partial charge in [0.1, 0.15) is 24.4 Å². The monoisotopic (exact) mass is 946 g/mol. The maximum absolute atomic E-state index is 13.3. The zero-order valence-corrected chi connectivity index (χ0v) is 42.5. The van der Waals surface area contributed by atoms with Crippen molar-refractivity contribution in [2.75, 3.05) is 13.2 Å². The lowest BCUT2D eigenvalue weighted by Gasteiger charge is -2.41. The van der Waals surface area contributed by atoms with Crippen molar-refractivity contribution in [1.29, 1.82) is 0 Å². The van der Waals surface area contributed by atoms with Gasteiger partial charge < -0.3 is 45.1 Å². The van der Waals surface area contributed by atoms with Crippen LogP contribution in [-0.2, 0) is 23.8 Å². The number of carbonyl (C=O) groups excluding carboxylic acids is 2. The summed E-state index contributed by atoms with van der Waals surface area (Å²) < 4.78 is 17.5. The number of hydrogen-bond acceptors (Lipinski definition) is 10. The Morgan fingerprint density at radius 1 is 0.582 bits per heavy atom. The second-order valence-electron chi connectivity index (χ2n) is 18.6. The molecule has 0 bridgehead atoms. The summed E-state index contributed by atoms with van der Waals surface area (Å²) in [6, 6.07) is -1.05. The molecule has 1 rings (SSSR count). The van der Waals surface area contributed by atoms with Crippen LogP contribution in [0.25, 0.3) is 0 Å². The van der Waals surface area contributed by atoms with Crippen LogP contribution in [0.15, 0.2) is 60.8 Å². The number of unbranched alkanes of at least 4 members (excludes halogenated alkanes) is 22. The number of esters is 1. The molecule has 67 heavy (non-hydrogen) atoms. The van der Waals surface area contributed by atoms with Gasteiger partial charge in [0.05, 0.1) is 25.4 Å². The van der Waals surface area contributed by atoms with Gasteiger partial charge in [0.15, 0.2) is 12.4 Å². The van der Waals surface area contributed by atoms with Crippen LogP contribution in [0.4, 0.5) is 0 Å². The fraction of sp³-hybridized carbons (Fsp3) is 0.786. The molecule has 1 aliphatic heterocycles. The summed E-state index contributed by atoms with van der Waals surface area (Å²) in [4.78, 5) is 26.3. The van der Waals surface area contributed by atoms with Crippen LogP contribution >= 0.6 is 0 Å². The van der Waals surface area contributed by atoms with Crippen molar-refractivity contribution in [1.82, 2.24) is 5.32 Å². The standard InChI is InChI=1S/C56H99NO10/c1-4-7-10-13-16-19-22-23-24-25-26-29-31-34-37-40-43-49(60)55(64)57-47(48(59)42-39-36-33-30-27-20-17-14-11-8-5-2)46-65-56-54(53(63)52(62)50(45-58)66-56)67-51(61)44-41-38-35-32-28-21-18-15-12-9-6-3/h16,19,23-24,26,29,34,37,39,42,47-50,52-54,56,58-60,62-63H,4-15,17-18,20-22,25,27-28,30-33,35-36,38,40-41,43-46H2,1-3H3,(H,57,64)/b19-16-,24-23-,29-26-,37-34-,42-39+. The summed E-state index contributed by atoms with van der Waals surface area (Å²) in [7, 11) is 0. The first kappa shape index (κ1) is 62.4. The van der Waals surface area contributed by atoms with E-state index in [1.165, 1.54) is 103 Å². The van der Waals surface area contributed by atoms with E-state index in [-0.39, 0.29) is 19.4 Å². The molecule has 0 saturated carbocycles. The molecule has 1 aliphatic rings.